The van der Waals surface area contributed by atoms with Gasteiger partial charge in [-0.05, 0) is 63.2 Å². The van der Waals surface area contributed by atoms with E-state index >= 15 is 0 Å². The van der Waals surface area contributed by atoms with E-state index in [2.05, 4.69) is 44.0 Å². The summed E-state index contributed by atoms with van der Waals surface area (Å²) in [6.07, 6.45) is 3.54. The lowest BCUT2D eigenvalue weighted by Crippen LogP contribution is -2.13. The van der Waals surface area contributed by atoms with Crippen LogP contribution in [0, 0.1) is 6.92 Å². The Morgan fingerprint density at radius 2 is 1.78 bits per heavy atom. The molecule has 2 aromatic carbocycles. The van der Waals surface area contributed by atoms with E-state index in [0.29, 0.717) is 22.9 Å². The van der Waals surface area contributed by atoms with E-state index in [1.165, 1.54) is 0 Å². The molecule has 162 valence electrons. The van der Waals surface area contributed by atoms with Gasteiger partial charge in [0.15, 0.2) is 0 Å². The van der Waals surface area contributed by atoms with Gasteiger partial charge in [-0.2, -0.15) is 0 Å². The van der Waals surface area contributed by atoms with Gasteiger partial charge >= 0.3 is 0 Å². The zero-order valence-electron chi connectivity index (χ0n) is 18.2. The van der Waals surface area contributed by atoms with Crippen LogP contribution < -0.4 is 16.4 Å². The van der Waals surface area contributed by atoms with Gasteiger partial charge < -0.3 is 20.9 Å². The third kappa shape index (κ3) is 4.44. The number of hydrogen-bond donors (Lipinski definition) is 3. The third-order valence-corrected chi connectivity index (χ3v) is 5.03. The number of nitrogens with zero attached hydrogens (tertiary/aromatic N) is 4. The zero-order valence-corrected chi connectivity index (χ0v) is 18.2. The first kappa shape index (κ1) is 21.0. The minimum absolute atomic E-state index is 0.231. The normalized spacial score (nSPS) is 10.9. The molecule has 2 heterocycles. The van der Waals surface area contributed by atoms with Crippen molar-refractivity contribution in [1.82, 2.24) is 19.5 Å². The first-order chi connectivity index (χ1) is 15.4. The molecule has 1 amide bonds. The number of benzene rings is 2. The molecule has 0 aliphatic rings. The number of anilines is 4. The molecule has 0 bridgehead atoms. The smallest absolute Gasteiger partial charge is 0.255 e. The number of carbonyl (C=O) groups excluding carboxylic acids is 1. The summed E-state index contributed by atoms with van der Waals surface area (Å²) in [4.78, 5) is 25.9. The maximum absolute atomic E-state index is 12.5. The molecule has 4 N–H and O–H groups in total. The van der Waals surface area contributed by atoms with Gasteiger partial charge in [0.05, 0.1) is 29.0 Å². The van der Waals surface area contributed by atoms with Gasteiger partial charge in [-0.3, -0.25) is 4.79 Å². The van der Waals surface area contributed by atoms with Crippen molar-refractivity contribution >= 4 is 28.9 Å². The molecule has 0 unspecified atom stereocenters. The number of aryl methyl sites for hydroxylation is 1. The van der Waals surface area contributed by atoms with E-state index in [1.54, 1.807) is 30.5 Å². The fourth-order valence-electron chi connectivity index (χ4n) is 3.50. The number of nitrogen functional groups attached to an aromatic ring is 1. The SMILES string of the molecule is Cc1ncc(-c2ccnc(Nc3ccc(C(=O)Nc4ccccc4N)cc3)n2)n1C(C)C. The lowest BCUT2D eigenvalue weighted by molar-refractivity contribution is 0.102. The predicted octanol–water partition coefficient (Wildman–Crippen LogP) is 4.81. The zero-order chi connectivity index (χ0) is 22.7. The van der Waals surface area contributed by atoms with E-state index < -0.39 is 0 Å². The second-order valence-corrected chi connectivity index (χ2v) is 7.66. The number of carbonyl (C=O) groups is 1. The molecule has 0 atom stereocenters. The molecule has 0 saturated heterocycles. The van der Waals surface area contributed by atoms with Crippen molar-refractivity contribution in [3.05, 3.63) is 78.4 Å². The van der Waals surface area contributed by atoms with Gasteiger partial charge in [0.2, 0.25) is 5.95 Å². The number of amides is 1. The first-order valence-electron chi connectivity index (χ1n) is 10.3. The summed E-state index contributed by atoms with van der Waals surface area (Å²) < 4.78 is 2.14. The number of nitrogens with one attached hydrogen (secondary N) is 2. The summed E-state index contributed by atoms with van der Waals surface area (Å²) in [5, 5.41) is 6.01. The van der Waals surface area contributed by atoms with Crippen LogP contribution in [0.1, 0.15) is 36.1 Å². The molecule has 2 aromatic heterocycles. The second-order valence-electron chi connectivity index (χ2n) is 7.66. The minimum Gasteiger partial charge on any atom is -0.397 e. The number of para-hydroxylation sites is 2. The van der Waals surface area contributed by atoms with Crippen molar-refractivity contribution < 1.29 is 4.79 Å². The van der Waals surface area contributed by atoms with E-state index in [-0.39, 0.29) is 11.9 Å². The highest BCUT2D eigenvalue weighted by molar-refractivity contribution is 6.05. The maximum atomic E-state index is 12.5. The minimum atomic E-state index is -0.231. The summed E-state index contributed by atoms with van der Waals surface area (Å²) in [6, 6.07) is 16.4. The Kier molecular flexibility index (Phi) is 5.85. The lowest BCUT2D eigenvalue weighted by atomic mass is 10.2. The van der Waals surface area contributed by atoms with Gasteiger partial charge in [-0.15, -0.1) is 0 Å². The number of rotatable bonds is 6. The fraction of sp³-hybridized carbons (Fsp3) is 0.167. The number of aromatic nitrogens is 4. The van der Waals surface area contributed by atoms with Crippen LogP contribution >= 0.6 is 0 Å². The average Bonchev–Trinajstić information content (AvgIpc) is 3.18. The topological polar surface area (TPSA) is 111 Å². The van der Waals surface area contributed by atoms with Crippen LogP contribution in [-0.2, 0) is 0 Å². The monoisotopic (exact) mass is 427 g/mol. The highest BCUT2D eigenvalue weighted by Gasteiger charge is 2.14. The Bertz CT molecular complexity index is 1250. The number of nitrogens with two attached hydrogens (primary N) is 1. The molecule has 0 fully saturated rings. The Morgan fingerprint density at radius 3 is 2.50 bits per heavy atom. The van der Waals surface area contributed by atoms with Crippen LogP contribution in [0.25, 0.3) is 11.4 Å². The van der Waals surface area contributed by atoms with Gasteiger partial charge in [0, 0.05) is 23.5 Å². The summed E-state index contributed by atoms with van der Waals surface area (Å²) >= 11 is 0. The van der Waals surface area contributed by atoms with Crippen LogP contribution in [0.3, 0.4) is 0 Å². The van der Waals surface area contributed by atoms with Crippen LogP contribution in [0.5, 0.6) is 0 Å². The summed E-state index contributed by atoms with van der Waals surface area (Å²) in [5.74, 6) is 1.17. The van der Waals surface area contributed by atoms with Crippen molar-refractivity contribution in [3.8, 4) is 11.4 Å². The predicted molar refractivity (Wildman–Crippen MR) is 127 cm³/mol. The number of hydrogen-bond acceptors (Lipinski definition) is 6. The molecular formula is C24H25N7O. The van der Waals surface area contributed by atoms with Crippen LogP contribution in [0.2, 0.25) is 0 Å². The summed E-state index contributed by atoms with van der Waals surface area (Å²) in [7, 11) is 0. The molecule has 8 nitrogen and oxygen atoms in total. The van der Waals surface area contributed by atoms with Crippen molar-refractivity contribution in [2.45, 2.75) is 26.8 Å². The van der Waals surface area contributed by atoms with E-state index in [0.717, 1.165) is 22.9 Å². The highest BCUT2D eigenvalue weighted by Crippen LogP contribution is 2.24. The molecule has 0 aliphatic heterocycles. The molecule has 0 saturated carbocycles. The van der Waals surface area contributed by atoms with Crippen molar-refractivity contribution in [2.24, 2.45) is 0 Å². The molecule has 0 aliphatic carbocycles. The Morgan fingerprint density at radius 1 is 1.03 bits per heavy atom. The standard InChI is InChI=1S/C24H25N7O/c1-15(2)31-16(3)27-14-22(31)21-12-13-26-24(30-21)28-18-10-8-17(9-11-18)23(32)29-20-7-5-4-6-19(20)25/h4-15H,25H2,1-3H3,(H,29,32)(H,26,28,30). The molecule has 4 rings (SSSR count). The van der Waals surface area contributed by atoms with Crippen LogP contribution in [-0.4, -0.2) is 25.4 Å². The van der Waals surface area contributed by atoms with Crippen LogP contribution in [0.4, 0.5) is 23.0 Å². The van der Waals surface area contributed by atoms with Gasteiger partial charge in [-0.25, -0.2) is 15.0 Å². The molecule has 32 heavy (non-hydrogen) atoms. The Hall–Kier alpha value is -4.20. The fourth-order valence-corrected chi connectivity index (χ4v) is 3.50. The van der Waals surface area contributed by atoms with Crippen LogP contribution in [0.15, 0.2) is 67.0 Å². The largest absolute Gasteiger partial charge is 0.397 e. The molecule has 0 spiro atoms. The lowest BCUT2D eigenvalue weighted by Gasteiger charge is -2.14. The second kappa shape index (κ2) is 8.89. The van der Waals surface area contributed by atoms with Gasteiger partial charge in [0.1, 0.15) is 5.82 Å². The van der Waals surface area contributed by atoms with E-state index in [1.807, 2.05) is 43.5 Å². The summed E-state index contributed by atoms with van der Waals surface area (Å²) in [5.41, 5.74) is 10.0. The molecule has 0 radical (unpaired) electrons. The summed E-state index contributed by atoms with van der Waals surface area (Å²) in [6.45, 7) is 6.21. The van der Waals surface area contributed by atoms with Crippen molar-refractivity contribution in [1.29, 1.82) is 0 Å². The van der Waals surface area contributed by atoms with Crippen molar-refractivity contribution in [3.63, 3.8) is 0 Å². The quantitative estimate of drug-likeness (QED) is 0.381. The van der Waals surface area contributed by atoms with Gasteiger partial charge in [-0.1, -0.05) is 12.1 Å². The first-order valence-corrected chi connectivity index (χ1v) is 10.3. The molecule has 8 heteroatoms. The third-order valence-electron chi connectivity index (χ3n) is 5.03. The van der Waals surface area contributed by atoms with Crippen molar-refractivity contribution in [2.75, 3.05) is 16.4 Å². The Labute approximate surface area is 186 Å². The maximum Gasteiger partial charge on any atom is 0.255 e. The van der Waals surface area contributed by atoms with E-state index in [9.17, 15) is 4.79 Å². The number of imidazole rings is 1. The average molecular weight is 428 g/mol. The van der Waals surface area contributed by atoms with Gasteiger partial charge in [0.25, 0.3) is 5.91 Å². The highest BCUT2D eigenvalue weighted by atomic mass is 16.1. The Balaban J connectivity index is 1.49. The molecule has 4 aromatic rings. The van der Waals surface area contributed by atoms with E-state index in [4.69, 9.17) is 5.73 Å². The molecular weight excluding hydrogens is 402 g/mol.